The topological polar surface area (TPSA) is 109 Å². The molecule has 0 atom stereocenters. The Hall–Kier alpha value is -5.24. The van der Waals surface area contributed by atoms with Gasteiger partial charge in [0.05, 0.1) is 47.4 Å². The van der Waals surface area contributed by atoms with Gasteiger partial charge in [-0.1, -0.05) is 0 Å². The first-order valence-corrected chi connectivity index (χ1v) is 15.4. The van der Waals surface area contributed by atoms with Gasteiger partial charge in [0.2, 0.25) is 0 Å². The average Bonchev–Trinajstić information content (AvgIpc) is 3.54. The number of methoxy groups -OCH3 is 2. The number of aromatic hydroxyl groups is 2. The number of ether oxygens (including phenoxy) is 4. The third-order valence-electron chi connectivity index (χ3n) is 9.34. The molecule has 8 heteroatoms. The number of fused-ring (bicyclic) bond motifs is 10. The molecule has 0 amide bonds. The van der Waals surface area contributed by atoms with Gasteiger partial charge in [-0.2, -0.15) is 0 Å². The standard InChI is InChI=1S/C38H36N2O6/c1-17-13-21-23-15-25(43-7)33(41)27(31(23)39-29(21)19-9-11-37(3,4)45-35(17)19)28-32-24(16-26(44-8)34(28)42)22-14-18(2)36-20(30(22)40-32)10-12-38(5,6)46-36/h9-16,39-42H,1-8H3. The summed E-state index contributed by atoms with van der Waals surface area (Å²) in [4.78, 5) is 7.21. The van der Waals surface area contributed by atoms with Crippen molar-refractivity contribution in [3.8, 4) is 45.6 Å². The van der Waals surface area contributed by atoms with Gasteiger partial charge in [0.25, 0.3) is 0 Å². The van der Waals surface area contributed by atoms with E-state index in [9.17, 15) is 10.2 Å². The van der Waals surface area contributed by atoms with Gasteiger partial charge in [0.15, 0.2) is 23.0 Å². The van der Waals surface area contributed by atoms with Crippen LogP contribution in [0.4, 0.5) is 0 Å². The van der Waals surface area contributed by atoms with Crippen LogP contribution in [0, 0.1) is 13.8 Å². The van der Waals surface area contributed by atoms with E-state index in [-0.39, 0.29) is 23.0 Å². The summed E-state index contributed by atoms with van der Waals surface area (Å²) in [6.45, 7) is 12.2. The van der Waals surface area contributed by atoms with Gasteiger partial charge in [0, 0.05) is 32.7 Å². The third kappa shape index (κ3) is 3.79. The second-order valence-corrected chi connectivity index (χ2v) is 13.5. The zero-order valence-corrected chi connectivity index (χ0v) is 27.1. The highest BCUT2D eigenvalue weighted by molar-refractivity contribution is 6.22. The highest BCUT2D eigenvalue weighted by Crippen LogP contribution is 2.54. The largest absolute Gasteiger partial charge is 0.504 e. The molecule has 6 aromatic rings. The van der Waals surface area contributed by atoms with Crippen molar-refractivity contribution in [2.24, 2.45) is 0 Å². The molecule has 2 aromatic heterocycles. The lowest BCUT2D eigenvalue weighted by Crippen LogP contribution is -2.28. The zero-order valence-electron chi connectivity index (χ0n) is 27.1. The molecule has 8 rings (SSSR count). The number of phenolic OH excluding ortho intramolecular Hbond substituents is 2. The van der Waals surface area contributed by atoms with Crippen LogP contribution in [0.3, 0.4) is 0 Å². The van der Waals surface area contributed by atoms with Crippen molar-refractivity contribution in [3.05, 3.63) is 58.7 Å². The van der Waals surface area contributed by atoms with E-state index < -0.39 is 11.2 Å². The summed E-state index contributed by atoms with van der Waals surface area (Å²) in [7, 11) is 3.05. The molecule has 0 aliphatic carbocycles. The van der Waals surface area contributed by atoms with Crippen LogP contribution < -0.4 is 18.9 Å². The lowest BCUT2D eigenvalue weighted by molar-refractivity contribution is 0.157. The van der Waals surface area contributed by atoms with E-state index in [0.717, 1.165) is 66.3 Å². The molecular formula is C38H36N2O6. The molecule has 0 saturated heterocycles. The monoisotopic (exact) mass is 616 g/mol. The normalized spacial score (nSPS) is 16.1. The number of hydrogen-bond acceptors (Lipinski definition) is 6. The fourth-order valence-corrected chi connectivity index (χ4v) is 7.12. The number of hydrogen-bond donors (Lipinski definition) is 4. The predicted molar refractivity (Wildman–Crippen MR) is 184 cm³/mol. The maximum Gasteiger partial charge on any atom is 0.168 e. The Kier molecular flexibility index (Phi) is 5.62. The van der Waals surface area contributed by atoms with Crippen LogP contribution in [-0.2, 0) is 0 Å². The first-order chi connectivity index (χ1) is 21.8. The molecule has 46 heavy (non-hydrogen) atoms. The van der Waals surface area contributed by atoms with Gasteiger partial charge in [0.1, 0.15) is 22.7 Å². The Morgan fingerprint density at radius 1 is 0.587 bits per heavy atom. The lowest BCUT2D eigenvalue weighted by atomic mass is 9.94. The fraction of sp³-hybridized carbons (Fsp3) is 0.263. The number of nitrogens with one attached hydrogen (secondary N) is 2. The quantitative estimate of drug-likeness (QED) is 0.158. The molecule has 4 aromatic carbocycles. The van der Waals surface area contributed by atoms with Crippen LogP contribution in [0.2, 0.25) is 0 Å². The summed E-state index contributed by atoms with van der Waals surface area (Å²) in [6.07, 6.45) is 8.26. The minimum atomic E-state index is -0.439. The first kappa shape index (κ1) is 28.2. The van der Waals surface area contributed by atoms with E-state index >= 15 is 0 Å². The van der Waals surface area contributed by atoms with E-state index in [2.05, 4.69) is 34.3 Å². The Morgan fingerprint density at radius 3 is 1.33 bits per heavy atom. The molecule has 2 aliphatic rings. The summed E-state index contributed by atoms with van der Waals surface area (Å²) in [5, 5.41) is 27.3. The van der Waals surface area contributed by atoms with Crippen LogP contribution in [0.1, 0.15) is 49.9 Å². The van der Waals surface area contributed by atoms with Gasteiger partial charge in [-0.25, -0.2) is 0 Å². The number of rotatable bonds is 3. The highest BCUT2D eigenvalue weighted by Gasteiger charge is 2.31. The molecule has 0 radical (unpaired) electrons. The number of aromatic amines is 2. The fourth-order valence-electron chi connectivity index (χ4n) is 7.12. The number of aryl methyl sites for hydroxylation is 2. The highest BCUT2D eigenvalue weighted by atomic mass is 16.5. The van der Waals surface area contributed by atoms with Crippen molar-refractivity contribution < 1.29 is 29.2 Å². The minimum absolute atomic E-state index is 0.105. The van der Waals surface area contributed by atoms with Gasteiger partial charge < -0.3 is 39.1 Å². The van der Waals surface area contributed by atoms with Crippen LogP contribution in [-0.4, -0.2) is 45.6 Å². The Morgan fingerprint density at radius 2 is 0.957 bits per heavy atom. The van der Waals surface area contributed by atoms with Gasteiger partial charge in [-0.05, 0) is 101 Å². The van der Waals surface area contributed by atoms with E-state index in [4.69, 9.17) is 18.9 Å². The van der Waals surface area contributed by atoms with E-state index in [0.29, 0.717) is 22.2 Å². The SMILES string of the molecule is COc1cc2c([nH]c3c4c(c(C)cc32)OC(C)(C)C=C4)c(-c2c(O)c(OC)cc3c2[nH]c2c4c(c(C)cc23)OC(C)(C)C=C4)c1O. The molecule has 234 valence electrons. The molecule has 4 N–H and O–H groups in total. The van der Waals surface area contributed by atoms with E-state index in [1.165, 1.54) is 14.2 Å². The van der Waals surface area contributed by atoms with Gasteiger partial charge >= 0.3 is 0 Å². The van der Waals surface area contributed by atoms with Crippen molar-refractivity contribution in [3.63, 3.8) is 0 Å². The molecule has 4 heterocycles. The molecule has 2 aliphatic heterocycles. The summed E-state index contributed by atoms with van der Waals surface area (Å²) in [6, 6.07) is 7.85. The number of aromatic nitrogens is 2. The Labute approximate surface area is 265 Å². The Balaban J connectivity index is 1.52. The minimum Gasteiger partial charge on any atom is -0.504 e. The molecule has 8 nitrogen and oxygen atoms in total. The van der Waals surface area contributed by atoms with Crippen molar-refractivity contribution >= 4 is 55.8 Å². The molecule has 0 fully saturated rings. The second-order valence-electron chi connectivity index (χ2n) is 13.5. The maximum absolute atomic E-state index is 11.9. The van der Waals surface area contributed by atoms with E-state index in [1.807, 2.05) is 65.8 Å². The lowest BCUT2D eigenvalue weighted by Gasteiger charge is -2.29. The predicted octanol–water partition coefficient (Wildman–Crippen LogP) is 9.04. The summed E-state index contributed by atoms with van der Waals surface area (Å²) >= 11 is 0. The second kappa shape index (κ2) is 9.16. The molecular weight excluding hydrogens is 580 g/mol. The number of H-pyrrole nitrogens is 2. The molecule has 0 bridgehead atoms. The summed E-state index contributed by atoms with van der Waals surface area (Å²) in [5.41, 5.74) is 6.77. The zero-order chi connectivity index (χ0) is 32.4. The molecule has 0 spiro atoms. The van der Waals surface area contributed by atoms with E-state index in [1.54, 1.807) is 0 Å². The van der Waals surface area contributed by atoms with Crippen molar-refractivity contribution in [1.82, 2.24) is 9.97 Å². The maximum atomic E-state index is 11.9. The van der Waals surface area contributed by atoms with Crippen molar-refractivity contribution in [2.45, 2.75) is 52.7 Å². The summed E-state index contributed by atoms with van der Waals surface area (Å²) < 4.78 is 24.2. The van der Waals surface area contributed by atoms with Gasteiger partial charge in [-0.3, -0.25) is 0 Å². The van der Waals surface area contributed by atoms with Crippen LogP contribution >= 0.6 is 0 Å². The molecule has 0 unspecified atom stereocenters. The number of benzene rings is 4. The Bertz CT molecular complexity index is 2220. The van der Waals surface area contributed by atoms with Crippen LogP contribution in [0.25, 0.3) is 66.9 Å². The third-order valence-corrected chi connectivity index (χ3v) is 9.34. The summed E-state index contributed by atoms with van der Waals surface area (Å²) in [5.74, 6) is 1.98. The first-order valence-electron chi connectivity index (χ1n) is 15.4. The molecule has 0 saturated carbocycles. The van der Waals surface area contributed by atoms with Gasteiger partial charge in [-0.15, -0.1) is 0 Å². The van der Waals surface area contributed by atoms with Crippen LogP contribution in [0.15, 0.2) is 36.4 Å². The van der Waals surface area contributed by atoms with Crippen LogP contribution in [0.5, 0.6) is 34.5 Å². The smallest absolute Gasteiger partial charge is 0.168 e. The van der Waals surface area contributed by atoms with Crippen molar-refractivity contribution in [1.29, 1.82) is 0 Å². The average molecular weight is 617 g/mol. The number of phenols is 2. The van der Waals surface area contributed by atoms with Crippen molar-refractivity contribution in [2.75, 3.05) is 14.2 Å².